The van der Waals surface area contributed by atoms with E-state index in [9.17, 15) is 22.8 Å². The van der Waals surface area contributed by atoms with Crippen molar-refractivity contribution in [2.24, 2.45) is 7.05 Å². The summed E-state index contributed by atoms with van der Waals surface area (Å²) in [7, 11) is 1.51. The van der Waals surface area contributed by atoms with Crippen molar-refractivity contribution in [3.63, 3.8) is 0 Å². The van der Waals surface area contributed by atoms with Crippen LogP contribution in [0.1, 0.15) is 20.9 Å². The van der Waals surface area contributed by atoms with E-state index in [0.717, 1.165) is 23.5 Å². The number of hydrogen-bond acceptors (Lipinski definition) is 3. The van der Waals surface area contributed by atoms with Crippen molar-refractivity contribution in [1.82, 2.24) is 4.57 Å². The molecule has 9 heteroatoms. The van der Waals surface area contributed by atoms with E-state index in [-0.39, 0.29) is 15.4 Å². The van der Waals surface area contributed by atoms with Crippen molar-refractivity contribution in [3.8, 4) is 0 Å². The van der Waals surface area contributed by atoms with Gasteiger partial charge in [-0.1, -0.05) is 22.9 Å². The molecule has 22 heavy (non-hydrogen) atoms. The molecule has 1 amide bonds. The van der Waals surface area contributed by atoms with Gasteiger partial charge >= 0.3 is 11.0 Å². The highest BCUT2D eigenvalue weighted by molar-refractivity contribution is 7.11. The van der Waals surface area contributed by atoms with E-state index in [1.165, 1.54) is 17.7 Å². The van der Waals surface area contributed by atoms with Crippen LogP contribution in [0.3, 0.4) is 0 Å². The standard InChI is InChI=1S/C13H10ClF3N2O2S/c1-6-10(22-12(21)19(6)2)11(20)18-7-3-4-9(14)8(5-7)13(15,16)17/h3-5H,1-2H3,(H,18,20). The van der Waals surface area contributed by atoms with Gasteiger partial charge in [0.05, 0.1) is 10.6 Å². The Kier molecular flexibility index (Phi) is 4.35. The van der Waals surface area contributed by atoms with Gasteiger partial charge < -0.3 is 9.88 Å². The van der Waals surface area contributed by atoms with Crippen LogP contribution in [0.5, 0.6) is 0 Å². The Morgan fingerprint density at radius 2 is 2.00 bits per heavy atom. The average Bonchev–Trinajstić information content (AvgIpc) is 2.67. The summed E-state index contributed by atoms with van der Waals surface area (Å²) in [6.07, 6.45) is -4.62. The first-order chi connectivity index (χ1) is 10.1. The molecular weight excluding hydrogens is 341 g/mol. The Balaban J connectivity index is 2.33. The van der Waals surface area contributed by atoms with Gasteiger partial charge in [-0.2, -0.15) is 13.2 Å². The fourth-order valence-corrected chi connectivity index (χ4v) is 2.84. The lowest BCUT2D eigenvalue weighted by atomic mass is 10.2. The SMILES string of the molecule is Cc1c(C(=O)Nc2ccc(Cl)c(C(F)(F)F)c2)sc(=O)n1C. The number of hydrogen-bond donors (Lipinski definition) is 1. The first-order valence-electron chi connectivity index (χ1n) is 5.95. The first-order valence-corrected chi connectivity index (χ1v) is 7.15. The molecule has 1 aromatic heterocycles. The van der Waals surface area contributed by atoms with Gasteiger partial charge in [0.2, 0.25) is 0 Å². The van der Waals surface area contributed by atoms with Crippen LogP contribution in [0.4, 0.5) is 18.9 Å². The Bertz CT molecular complexity index is 796. The number of rotatable bonds is 2. The van der Waals surface area contributed by atoms with Gasteiger partial charge in [0.15, 0.2) is 0 Å². The van der Waals surface area contributed by atoms with Gasteiger partial charge in [-0.15, -0.1) is 0 Å². The molecule has 4 nitrogen and oxygen atoms in total. The van der Waals surface area contributed by atoms with Gasteiger partial charge in [-0.3, -0.25) is 9.59 Å². The van der Waals surface area contributed by atoms with Crippen LogP contribution in [-0.2, 0) is 13.2 Å². The second-order valence-electron chi connectivity index (χ2n) is 4.49. The van der Waals surface area contributed by atoms with E-state index in [2.05, 4.69) is 5.32 Å². The number of halogens is 4. The summed E-state index contributed by atoms with van der Waals surface area (Å²) in [5, 5.41) is 1.89. The Labute approximate surface area is 132 Å². The molecule has 1 aromatic carbocycles. The largest absolute Gasteiger partial charge is 0.417 e. The third kappa shape index (κ3) is 3.17. The minimum absolute atomic E-state index is 0.0513. The predicted octanol–water partition coefficient (Wildman–Crippen LogP) is 3.68. The average molecular weight is 351 g/mol. The molecule has 118 valence electrons. The topological polar surface area (TPSA) is 51.1 Å². The van der Waals surface area contributed by atoms with Crippen LogP contribution in [0.25, 0.3) is 0 Å². The molecule has 0 spiro atoms. The molecule has 0 aliphatic carbocycles. The second kappa shape index (κ2) is 5.77. The van der Waals surface area contributed by atoms with Crippen LogP contribution >= 0.6 is 22.9 Å². The zero-order valence-corrected chi connectivity index (χ0v) is 13.0. The fourth-order valence-electron chi connectivity index (χ4n) is 1.74. The minimum atomic E-state index is -4.62. The fraction of sp³-hybridized carbons (Fsp3) is 0.231. The minimum Gasteiger partial charge on any atom is -0.321 e. The number of nitrogens with one attached hydrogen (secondary N) is 1. The third-order valence-corrected chi connectivity index (χ3v) is 4.49. The highest BCUT2D eigenvalue weighted by Crippen LogP contribution is 2.36. The number of alkyl halides is 3. The predicted molar refractivity (Wildman–Crippen MR) is 78.7 cm³/mol. The second-order valence-corrected chi connectivity index (χ2v) is 5.86. The number of thiazole rings is 1. The monoisotopic (exact) mass is 350 g/mol. The Morgan fingerprint density at radius 1 is 1.36 bits per heavy atom. The van der Waals surface area contributed by atoms with Gasteiger partial charge in [-0.25, -0.2) is 0 Å². The summed E-state index contributed by atoms with van der Waals surface area (Å²) >= 11 is 6.24. The Morgan fingerprint density at radius 3 is 2.50 bits per heavy atom. The summed E-state index contributed by atoms with van der Waals surface area (Å²) in [6.45, 7) is 1.58. The highest BCUT2D eigenvalue weighted by Gasteiger charge is 2.33. The summed E-state index contributed by atoms with van der Waals surface area (Å²) in [6, 6.07) is 3.07. The molecule has 0 bridgehead atoms. The van der Waals surface area contributed by atoms with Gasteiger partial charge in [0, 0.05) is 18.4 Å². The summed E-state index contributed by atoms with van der Waals surface area (Å²) < 4.78 is 39.6. The number of nitrogens with zero attached hydrogens (tertiary/aromatic N) is 1. The molecule has 1 N–H and O–H groups in total. The number of amides is 1. The van der Waals surface area contributed by atoms with E-state index in [0.29, 0.717) is 5.69 Å². The Hall–Kier alpha value is -1.80. The smallest absolute Gasteiger partial charge is 0.321 e. The van der Waals surface area contributed by atoms with Crippen molar-refractivity contribution in [2.45, 2.75) is 13.1 Å². The molecule has 0 unspecified atom stereocenters. The lowest BCUT2D eigenvalue weighted by Crippen LogP contribution is -2.14. The third-order valence-electron chi connectivity index (χ3n) is 3.03. The van der Waals surface area contributed by atoms with Crippen molar-refractivity contribution in [3.05, 3.63) is 49.0 Å². The molecule has 0 aliphatic heterocycles. The molecular formula is C13H10ClF3N2O2S. The van der Waals surface area contributed by atoms with Gasteiger partial charge in [-0.05, 0) is 25.1 Å². The van der Waals surface area contributed by atoms with Crippen molar-refractivity contribution in [1.29, 1.82) is 0 Å². The van der Waals surface area contributed by atoms with Crippen molar-refractivity contribution >= 4 is 34.5 Å². The van der Waals surface area contributed by atoms with E-state index >= 15 is 0 Å². The molecule has 0 fully saturated rings. The van der Waals surface area contributed by atoms with Crippen LogP contribution in [0.2, 0.25) is 5.02 Å². The lowest BCUT2D eigenvalue weighted by Gasteiger charge is -2.11. The van der Waals surface area contributed by atoms with E-state index in [1.807, 2.05) is 0 Å². The van der Waals surface area contributed by atoms with Gasteiger partial charge in [0.25, 0.3) is 5.91 Å². The zero-order chi connectivity index (χ0) is 16.7. The van der Waals surface area contributed by atoms with Crippen LogP contribution < -0.4 is 10.2 Å². The molecule has 0 saturated heterocycles. The molecule has 2 rings (SSSR count). The molecule has 2 aromatic rings. The normalized spacial score (nSPS) is 11.5. The summed E-state index contributed by atoms with van der Waals surface area (Å²) in [5.41, 5.74) is -0.646. The molecule has 0 aliphatic rings. The number of aromatic nitrogens is 1. The molecule has 0 atom stereocenters. The van der Waals surface area contributed by atoms with Gasteiger partial charge in [0.1, 0.15) is 4.88 Å². The number of anilines is 1. The maximum atomic E-state index is 12.8. The highest BCUT2D eigenvalue weighted by atomic mass is 35.5. The molecule has 1 heterocycles. The van der Waals surface area contributed by atoms with E-state index < -0.39 is 22.7 Å². The van der Waals surface area contributed by atoms with Crippen LogP contribution in [-0.4, -0.2) is 10.5 Å². The maximum absolute atomic E-state index is 12.8. The van der Waals surface area contributed by atoms with Crippen molar-refractivity contribution < 1.29 is 18.0 Å². The van der Waals surface area contributed by atoms with Crippen LogP contribution in [0.15, 0.2) is 23.0 Å². The van der Waals surface area contributed by atoms with E-state index in [1.54, 1.807) is 6.92 Å². The van der Waals surface area contributed by atoms with Crippen molar-refractivity contribution in [2.75, 3.05) is 5.32 Å². The summed E-state index contributed by atoms with van der Waals surface area (Å²) in [5.74, 6) is -0.643. The molecule has 0 radical (unpaired) electrons. The maximum Gasteiger partial charge on any atom is 0.417 e. The first kappa shape index (κ1) is 16.6. The number of carbonyl (C=O) groups excluding carboxylic acids is 1. The number of carbonyl (C=O) groups is 1. The number of benzene rings is 1. The quantitative estimate of drug-likeness (QED) is 0.898. The zero-order valence-electron chi connectivity index (χ0n) is 11.4. The van der Waals surface area contributed by atoms with E-state index in [4.69, 9.17) is 11.6 Å². The molecule has 0 saturated carbocycles. The summed E-state index contributed by atoms with van der Waals surface area (Å²) in [4.78, 5) is 23.4. The lowest BCUT2D eigenvalue weighted by molar-refractivity contribution is -0.137. The van der Waals surface area contributed by atoms with Crippen LogP contribution in [0, 0.1) is 6.92 Å².